The summed E-state index contributed by atoms with van der Waals surface area (Å²) in [5, 5.41) is 0. The van der Waals surface area contributed by atoms with Crippen LogP contribution in [0, 0.1) is 0 Å². The highest BCUT2D eigenvalue weighted by Crippen LogP contribution is 2.05. The Labute approximate surface area is 108 Å². The van der Waals surface area contributed by atoms with Crippen molar-refractivity contribution in [3.8, 4) is 0 Å². The van der Waals surface area contributed by atoms with Crippen LogP contribution in [0.2, 0.25) is 0 Å². The summed E-state index contributed by atoms with van der Waals surface area (Å²) in [5.74, 6) is 0.167. The molecule has 0 saturated carbocycles. The van der Waals surface area contributed by atoms with Crippen molar-refractivity contribution < 1.29 is 14.4 Å². The lowest BCUT2D eigenvalue weighted by Gasteiger charge is -1.97. The molecule has 18 heavy (non-hydrogen) atoms. The normalized spacial score (nSPS) is 8.33. The van der Waals surface area contributed by atoms with Gasteiger partial charge in [0.2, 0.25) is 12.2 Å². The molecule has 0 aliphatic heterocycles. The minimum atomic E-state index is 0.167. The van der Waals surface area contributed by atoms with Gasteiger partial charge in [-0.25, -0.2) is 19.6 Å². The van der Waals surface area contributed by atoms with Crippen LogP contribution < -0.4 is 0 Å². The Morgan fingerprint density at radius 2 is 1.06 bits per heavy atom. The lowest BCUT2D eigenvalue weighted by Crippen LogP contribution is -1.84. The fourth-order valence-corrected chi connectivity index (χ4v) is 1.18. The number of Topliss-reactive ketones (excluding diaryl/α,β-unsaturated/α-hetero) is 1. The molecule has 102 valence electrons. The highest BCUT2D eigenvalue weighted by atomic mass is 16.1. The Morgan fingerprint density at radius 3 is 1.33 bits per heavy atom. The second kappa shape index (κ2) is 17.8. The second-order valence-electron chi connectivity index (χ2n) is 3.98. The molecule has 0 heterocycles. The van der Waals surface area contributed by atoms with Crippen molar-refractivity contribution in [2.75, 3.05) is 13.1 Å². The van der Waals surface area contributed by atoms with Gasteiger partial charge in [-0.15, -0.1) is 0 Å². The quantitative estimate of drug-likeness (QED) is 0.360. The van der Waals surface area contributed by atoms with Crippen molar-refractivity contribution in [3.05, 3.63) is 0 Å². The average Bonchev–Trinajstić information content (AvgIpc) is 2.31. The van der Waals surface area contributed by atoms with Crippen LogP contribution in [0.5, 0.6) is 0 Å². The highest BCUT2D eigenvalue weighted by molar-refractivity contribution is 5.72. The first kappa shape index (κ1) is 18.8. The van der Waals surface area contributed by atoms with E-state index < -0.39 is 0 Å². The zero-order valence-corrected chi connectivity index (χ0v) is 11.3. The van der Waals surface area contributed by atoms with E-state index in [2.05, 4.69) is 9.98 Å². The summed E-state index contributed by atoms with van der Waals surface area (Å²) in [7, 11) is 0. The maximum absolute atomic E-state index is 9.71. The molecule has 0 atom stereocenters. The Morgan fingerprint density at radius 1 is 0.778 bits per heavy atom. The van der Waals surface area contributed by atoms with Crippen molar-refractivity contribution >= 4 is 17.9 Å². The molecule has 0 unspecified atom stereocenters. The topological polar surface area (TPSA) is 75.9 Å². The predicted octanol–water partition coefficient (Wildman–Crippen LogP) is 2.59. The lowest BCUT2D eigenvalue weighted by atomic mass is 10.1. The summed E-state index contributed by atoms with van der Waals surface area (Å²) >= 11 is 0. The molecular formula is C13H22N2O3. The van der Waals surface area contributed by atoms with E-state index in [1.165, 1.54) is 26.0 Å². The van der Waals surface area contributed by atoms with E-state index in [1.807, 2.05) is 0 Å². The summed E-state index contributed by atoms with van der Waals surface area (Å²) in [4.78, 5) is 35.8. The van der Waals surface area contributed by atoms with Gasteiger partial charge in [-0.3, -0.25) is 0 Å². The number of carbonyl (C=O) groups is 1. The van der Waals surface area contributed by atoms with Crippen molar-refractivity contribution in [2.45, 2.75) is 52.4 Å². The van der Waals surface area contributed by atoms with E-state index in [-0.39, 0.29) is 5.78 Å². The fourth-order valence-electron chi connectivity index (χ4n) is 1.18. The van der Waals surface area contributed by atoms with Crippen LogP contribution in [0.15, 0.2) is 9.98 Å². The molecule has 0 saturated heterocycles. The number of rotatable bonds is 9. The number of hydrogen-bond acceptors (Lipinski definition) is 5. The van der Waals surface area contributed by atoms with Gasteiger partial charge in [-0.05, 0) is 26.7 Å². The number of aliphatic imine (C=N–C) groups is 2. The molecule has 0 rings (SSSR count). The number of ketones is 1. The third kappa shape index (κ3) is 29.3. The van der Waals surface area contributed by atoms with Crippen molar-refractivity contribution in [1.29, 1.82) is 0 Å². The van der Waals surface area contributed by atoms with E-state index in [1.54, 1.807) is 0 Å². The first-order valence-electron chi connectivity index (χ1n) is 6.19. The Balaban J connectivity index is 0. The fraction of sp³-hybridized carbons (Fsp3) is 0.769. The van der Waals surface area contributed by atoms with Gasteiger partial charge in [-0.1, -0.05) is 25.7 Å². The van der Waals surface area contributed by atoms with Gasteiger partial charge in [0, 0.05) is 0 Å². The minimum absolute atomic E-state index is 0.167. The molecule has 0 bridgehead atoms. The van der Waals surface area contributed by atoms with Crippen molar-refractivity contribution in [2.24, 2.45) is 9.98 Å². The molecule has 0 aliphatic carbocycles. The first-order chi connectivity index (χ1) is 8.65. The van der Waals surface area contributed by atoms with Crippen LogP contribution in [0.25, 0.3) is 0 Å². The highest BCUT2D eigenvalue weighted by Gasteiger charge is 1.90. The molecule has 0 fully saturated rings. The van der Waals surface area contributed by atoms with Gasteiger partial charge in [0.15, 0.2) is 0 Å². The summed E-state index contributed by atoms with van der Waals surface area (Å²) in [6.45, 7) is 4.25. The molecule has 0 aromatic rings. The molecule has 0 N–H and O–H groups in total. The van der Waals surface area contributed by atoms with Crippen LogP contribution in [-0.4, -0.2) is 31.0 Å². The van der Waals surface area contributed by atoms with Crippen molar-refractivity contribution in [3.63, 3.8) is 0 Å². The molecule has 0 aliphatic rings. The summed E-state index contributed by atoms with van der Waals surface area (Å²) in [5.41, 5.74) is 0. The van der Waals surface area contributed by atoms with Crippen LogP contribution in [0.3, 0.4) is 0 Å². The standard InChI is InChI=1S/C10H16N2O2.C3H6O/c13-9-11-7-5-3-1-2-4-6-8-12-10-14;1-3(2)4/h1-8H2;1-2H3. The van der Waals surface area contributed by atoms with E-state index in [4.69, 9.17) is 0 Å². The number of hydrogen-bond donors (Lipinski definition) is 0. The molecule has 5 heteroatoms. The smallest absolute Gasteiger partial charge is 0.234 e. The monoisotopic (exact) mass is 254 g/mol. The average molecular weight is 254 g/mol. The third-order valence-electron chi connectivity index (χ3n) is 1.92. The number of nitrogens with zero attached hydrogens (tertiary/aromatic N) is 2. The van der Waals surface area contributed by atoms with Gasteiger partial charge in [-0.2, -0.15) is 0 Å². The lowest BCUT2D eigenvalue weighted by molar-refractivity contribution is -0.114. The van der Waals surface area contributed by atoms with Crippen LogP contribution in [0.4, 0.5) is 0 Å². The van der Waals surface area contributed by atoms with E-state index in [0.717, 1.165) is 38.5 Å². The molecule has 5 nitrogen and oxygen atoms in total. The van der Waals surface area contributed by atoms with E-state index in [9.17, 15) is 14.4 Å². The summed E-state index contributed by atoms with van der Waals surface area (Å²) in [6.07, 6.45) is 9.46. The Bertz CT molecular complexity index is 263. The maximum Gasteiger partial charge on any atom is 0.234 e. The number of carbonyl (C=O) groups excluding carboxylic acids is 3. The van der Waals surface area contributed by atoms with Gasteiger partial charge in [0.1, 0.15) is 5.78 Å². The Hall–Kier alpha value is -1.57. The van der Waals surface area contributed by atoms with Gasteiger partial charge < -0.3 is 4.79 Å². The first-order valence-corrected chi connectivity index (χ1v) is 6.19. The SMILES string of the molecule is CC(C)=O.O=C=NCCCCCCCCN=C=O. The molecular weight excluding hydrogens is 232 g/mol. The zero-order valence-electron chi connectivity index (χ0n) is 11.3. The summed E-state index contributed by atoms with van der Waals surface area (Å²) < 4.78 is 0. The van der Waals surface area contributed by atoms with Crippen LogP contribution >= 0.6 is 0 Å². The molecule has 0 spiro atoms. The molecule has 0 radical (unpaired) electrons. The largest absolute Gasteiger partial charge is 0.300 e. The van der Waals surface area contributed by atoms with Crippen LogP contribution in [-0.2, 0) is 14.4 Å². The van der Waals surface area contributed by atoms with Gasteiger partial charge in [0.05, 0.1) is 13.1 Å². The number of isocyanates is 2. The zero-order chi connectivity index (χ0) is 14.1. The Kier molecular flexibility index (Phi) is 18.6. The molecule has 0 amide bonds. The van der Waals surface area contributed by atoms with Crippen molar-refractivity contribution in [1.82, 2.24) is 0 Å². The van der Waals surface area contributed by atoms with Crippen LogP contribution in [0.1, 0.15) is 52.4 Å². The number of unbranched alkanes of at least 4 members (excludes halogenated alkanes) is 5. The maximum atomic E-state index is 9.71. The van der Waals surface area contributed by atoms with Gasteiger partial charge >= 0.3 is 0 Å². The third-order valence-corrected chi connectivity index (χ3v) is 1.92. The second-order valence-corrected chi connectivity index (χ2v) is 3.98. The molecule has 0 aromatic carbocycles. The predicted molar refractivity (Wildman–Crippen MR) is 70.0 cm³/mol. The van der Waals surface area contributed by atoms with Gasteiger partial charge in [0.25, 0.3) is 0 Å². The molecule has 0 aromatic heterocycles. The van der Waals surface area contributed by atoms with E-state index >= 15 is 0 Å². The summed E-state index contributed by atoms with van der Waals surface area (Å²) in [6, 6.07) is 0. The minimum Gasteiger partial charge on any atom is -0.300 e. The van der Waals surface area contributed by atoms with E-state index in [0.29, 0.717) is 13.1 Å².